The third kappa shape index (κ3) is 4.20. The second-order valence-electron chi connectivity index (χ2n) is 5.28. The van der Waals surface area contributed by atoms with E-state index >= 15 is 0 Å². The lowest BCUT2D eigenvalue weighted by Gasteiger charge is -2.20. The number of aryl methyl sites for hydroxylation is 2. The third-order valence-corrected chi connectivity index (χ3v) is 4.00. The number of anilines is 1. The molecule has 1 rings (SSSR count). The van der Waals surface area contributed by atoms with Crippen LogP contribution in [-0.2, 0) is 12.8 Å². The molecule has 20 heavy (non-hydrogen) atoms. The average Bonchev–Trinajstić information content (AvgIpc) is 2.39. The zero-order chi connectivity index (χ0) is 15.1. The van der Waals surface area contributed by atoms with Crippen LogP contribution in [0, 0.1) is 13.8 Å². The lowest BCUT2D eigenvalue weighted by molar-refractivity contribution is 0.758. The molecule has 0 fully saturated rings. The van der Waals surface area contributed by atoms with Gasteiger partial charge in [0.1, 0.15) is 0 Å². The summed E-state index contributed by atoms with van der Waals surface area (Å²) in [4.78, 5) is 0. The highest BCUT2D eigenvalue weighted by atomic mass is 32.1. The smallest absolute Gasteiger partial charge is 0.170 e. The van der Waals surface area contributed by atoms with Crippen LogP contribution >= 0.6 is 12.2 Å². The van der Waals surface area contributed by atoms with E-state index in [0.29, 0.717) is 0 Å². The Balaban J connectivity index is 2.99. The second-order valence-corrected chi connectivity index (χ2v) is 5.69. The predicted octanol–water partition coefficient (Wildman–Crippen LogP) is 4.51. The second kappa shape index (κ2) is 8.25. The molecule has 1 aromatic carbocycles. The first kappa shape index (κ1) is 17.0. The van der Waals surface area contributed by atoms with Crippen molar-refractivity contribution < 1.29 is 0 Å². The number of benzene rings is 1. The molecule has 1 aromatic rings. The van der Waals surface area contributed by atoms with Crippen LogP contribution in [0.1, 0.15) is 55.9 Å². The van der Waals surface area contributed by atoms with Gasteiger partial charge in [-0.3, -0.25) is 0 Å². The van der Waals surface area contributed by atoms with Crippen molar-refractivity contribution in [2.45, 2.75) is 60.3 Å². The standard InChI is InChI=1S/C17H28N2S/c1-6-9-10-18-17(20)19-16-14(7-2)12(4)11-13(5)15(16)8-3/h11H,6-10H2,1-5H3,(H2,18,19,20). The molecule has 0 spiro atoms. The Bertz CT molecular complexity index is 438. The van der Waals surface area contributed by atoms with E-state index < -0.39 is 0 Å². The quantitative estimate of drug-likeness (QED) is 0.595. The molecule has 0 aliphatic heterocycles. The molecular formula is C17H28N2S. The Morgan fingerprint density at radius 3 is 2.05 bits per heavy atom. The summed E-state index contributed by atoms with van der Waals surface area (Å²) < 4.78 is 0. The van der Waals surface area contributed by atoms with Crippen molar-refractivity contribution in [3.8, 4) is 0 Å². The van der Waals surface area contributed by atoms with Gasteiger partial charge in [0.25, 0.3) is 0 Å². The maximum absolute atomic E-state index is 5.43. The van der Waals surface area contributed by atoms with E-state index in [2.05, 4.69) is 51.3 Å². The molecule has 0 bridgehead atoms. The zero-order valence-electron chi connectivity index (χ0n) is 13.5. The van der Waals surface area contributed by atoms with E-state index in [0.717, 1.165) is 30.9 Å². The topological polar surface area (TPSA) is 24.1 Å². The normalized spacial score (nSPS) is 10.4. The molecule has 112 valence electrons. The Labute approximate surface area is 129 Å². The molecule has 3 heteroatoms. The number of hydrogen-bond acceptors (Lipinski definition) is 1. The monoisotopic (exact) mass is 292 g/mol. The molecule has 0 saturated carbocycles. The van der Waals surface area contributed by atoms with Crippen LogP contribution < -0.4 is 10.6 Å². The van der Waals surface area contributed by atoms with Gasteiger partial charge in [-0.1, -0.05) is 33.3 Å². The van der Waals surface area contributed by atoms with Gasteiger partial charge in [-0.05, 0) is 67.6 Å². The number of thiocarbonyl (C=S) groups is 1. The van der Waals surface area contributed by atoms with Crippen LogP contribution in [0.3, 0.4) is 0 Å². The maximum atomic E-state index is 5.43. The maximum Gasteiger partial charge on any atom is 0.170 e. The predicted molar refractivity (Wildman–Crippen MR) is 93.8 cm³/mol. The molecule has 2 N–H and O–H groups in total. The number of unbranched alkanes of at least 4 members (excludes halogenated alkanes) is 1. The molecule has 0 aliphatic rings. The number of nitrogens with one attached hydrogen (secondary N) is 2. The lowest BCUT2D eigenvalue weighted by atomic mass is 9.94. The third-order valence-electron chi connectivity index (χ3n) is 3.75. The van der Waals surface area contributed by atoms with Gasteiger partial charge in [-0.2, -0.15) is 0 Å². The van der Waals surface area contributed by atoms with Gasteiger partial charge in [0.15, 0.2) is 5.11 Å². The fraction of sp³-hybridized carbons (Fsp3) is 0.588. The summed E-state index contributed by atoms with van der Waals surface area (Å²) in [6, 6.07) is 2.29. The Hall–Kier alpha value is -1.09. The van der Waals surface area contributed by atoms with E-state index in [-0.39, 0.29) is 0 Å². The molecule has 0 unspecified atom stereocenters. The van der Waals surface area contributed by atoms with E-state index in [1.807, 2.05) is 0 Å². The van der Waals surface area contributed by atoms with Crippen molar-refractivity contribution in [2.75, 3.05) is 11.9 Å². The molecular weight excluding hydrogens is 264 g/mol. The van der Waals surface area contributed by atoms with E-state index in [1.54, 1.807) is 0 Å². The summed E-state index contributed by atoms with van der Waals surface area (Å²) in [7, 11) is 0. The summed E-state index contributed by atoms with van der Waals surface area (Å²) in [5, 5.41) is 7.48. The highest BCUT2D eigenvalue weighted by Gasteiger charge is 2.13. The highest BCUT2D eigenvalue weighted by Crippen LogP contribution is 2.29. The molecule has 0 amide bonds. The number of hydrogen-bond donors (Lipinski definition) is 2. The van der Waals surface area contributed by atoms with E-state index in [4.69, 9.17) is 12.2 Å². The first-order chi connectivity index (χ1) is 9.54. The van der Waals surface area contributed by atoms with Crippen LogP contribution in [0.2, 0.25) is 0 Å². The van der Waals surface area contributed by atoms with Crippen LogP contribution in [-0.4, -0.2) is 11.7 Å². The van der Waals surface area contributed by atoms with Crippen LogP contribution in [0.15, 0.2) is 6.07 Å². The highest BCUT2D eigenvalue weighted by molar-refractivity contribution is 7.80. The summed E-state index contributed by atoms with van der Waals surface area (Å²) in [6.07, 6.45) is 4.38. The lowest BCUT2D eigenvalue weighted by Crippen LogP contribution is -2.30. The molecule has 0 radical (unpaired) electrons. The number of rotatable bonds is 6. The van der Waals surface area contributed by atoms with Crippen molar-refractivity contribution in [2.24, 2.45) is 0 Å². The summed E-state index contributed by atoms with van der Waals surface area (Å²) in [5.41, 5.74) is 6.68. The Morgan fingerprint density at radius 2 is 1.60 bits per heavy atom. The SMILES string of the molecule is CCCCNC(=S)Nc1c(CC)c(C)cc(C)c1CC. The van der Waals surface area contributed by atoms with E-state index in [1.165, 1.54) is 34.4 Å². The minimum atomic E-state index is 0.743. The molecule has 2 nitrogen and oxygen atoms in total. The molecule has 0 atom stereocenters. The Morgan fingerprint density at radius 1 is 1.05 bits per heavy atom. The fourth-order valence-electron chi connectivity index (χ4n) is 2.67. The largest absolute Gasteiger partial charge is 0.362 e. The zero-order valence-corrected chi connectivity index (χ0v) is 14.3. The van der Waals surface area contributed by atoms with Gasteiger partial charge >= 0.3 is 0 Å². The van der Waals surface area contributed by atoms with Gasteiger partial charge in [0.05, 0.1) is 0 Å². The molecule has 0 heterocycles. The van der Waals surface area contributed by atoms with Gasteiger partial charge in [0.2, 0.25) is 0 Å². The van der Waals surface area contributed by atoms with Gasteiger partial charge in [-0.15, -0.1) is 0 Å². The van der Waals surface area contributed by atoms with Gasteiger partial charge in [-0.25, -0.2) is 0 Å². The van der Waals surface area contributed by atoms with Crippen molar-refractivity contribution in [3.05, 3.63) is 28.3 Å². The molecule has 0 aliphatic carbocycles. The Kier molecular flexibility index (Phi) is 7.00. The van der Waals surface area contributed by atoms with Crippen molar-refractivity contribution >= 4 is 23.0 Å². The first-order valence-electron chi connectivity index (χ1n) is 7.71. The van der Waals surface area contributed by atoms with Crippen LogP contribution in [0.4, 0.5) is 5.69 Å². The van der Waals surface area contributed by atoms with Crippen LogP contribution in [0.25, 0.3) is 0 Å². The minimum Gasteiger partial charge on any atom is -0.362 e. The van der Waals surface area contributed by atoms with Crippen LogP contribution in [0.5, 0.6) is 0 Å². The van der Waals surface area contributed by atoms with E-state index in [9.17, 15) is 0 Å². The summed E-state index contributed by atoms with van der Waals surface area (Å²) >= 11 is 5.43. The molecule has 0 saturated heterocycles. The minimum absolute atomic E-state index is 0.743. The molecule has 0 aromatic heterocycles. The van der Waals surface area contributed by atoms with Crippen molar-refractivity contribution in [1.29, 1.82) is 0 Å². The van der Waals surface area contributed by atoms with Crippen molar-refractivity contribution in [1.82, 2.24) is 5.32 Å². The fourth-order valence-corrected chi connectivity index (χ4v) is 2.88. The summed E-state index contributed by atoms with van der Waals surface area (Å²) in [6.45, 7) is 11.9. The van der Waals surface area contributed by atoms with Crippen molar-refractivity contribution in [3.63, 3.8) is 0 Å². The average molecular weight is 292 g/mol. The van der Waals surface area contributed by atoms with Gasteiger partial charge < -0.3 is 10.6 Å². The van der Waals surface area contributed by atoms with Gasteiger partial charge in [0, 0.05) is 12.2 Å². The first-order valence-corrected chi connectivity index (χ1v) is 8.12. The summed E-state index contributed by atoms with van der Waals surface area (Å²) in [5.74, 6) is 0.